The first-order chi connectivity index (χ1) is 13.8. The van der Waals surface area contributed by atoms with Gasteiger partial charge in [-0.2, -0.15) is 17.9 Å². The molecule has 1 amide bonds. The first-order valence-corrected chi connectivity index (χ1v) is 9.90. The number of aliphatic hydroxyl groups excluding tert-OH is 1. The largest absolute Gasteiger partial charge is 0.417 e. The molecule has 0 aliphatic carbocycles. The molecule has 0 heterocycles. The average Bonchev–Trinajstić information content (AvgIpc) is 2.66. The Morgan fingerprint density at radius 2 is 1.73 bits per heavy atom. The molecule has 0 saturated carbocycles. The van der Waals surface area contributed by atoms with Gasteiger partial charge in [-0.05, 0) is 36.8 Å². The molecule has 164 valence electrons. The Balaban J connectivity index is 2.06. The minimum atomic E-state index is -4.93. The Labute approximate surface area is 168 Å². The zero-order chi connectivity index (χ0) is 22.7. The van der Waals surface area contributed by atoms with Crippen molar-refractivity contribution in [3.8, 4) is 0 Å². The first kappa shape index (κ1) is 23.7. The van der Waals surface area contributed by atoms with Crippen molar-refractivity contribution in [3.63, 3.8) is 0 Å². The Bertz CT molecular complexity index is 1030. The molecule has 0 aliphatic rings. The van der Waals surface area contributed by atoms with Crippen molar-refractivity contribution in [2.45, 2.75) is 30.1 Å². The van der Waals surface area contributed by atoms with E-state index in [-0.39, 0.29) is 5.56 Å². The number of halogens is 5. The minimum absolute atomic E-state index is 0.0402. The number of carbonyl (C=O) groups is 1. The van der Waals surface area contributed by atoms with E-state index in [1.54, 1.807) is 0 Å². The summed E-state index contributed by atoms with van der Waals surface area (Å²) in [6.07, 6.45) is -6.36. The van der Waals surface area contributed by atoms with E-state index in [0.717, 1.165) is 43.3 Å². The number of nitrogens with one attached hydrogen (secondary N) is 2. The quantitative estimate of drug-likeness (QED) is 0.563. The van der Waals surface area contributed by atoms with Crippen LogP contribution >= 0.6 is 0 Å². The Kier molecular flexibility index (Phi) is 7.16. The lowest BCUT2D eigenvalue weighted by atomic mass is 10.1. The Morgan fingerprint density at radius 1 is 1.10 bits per heavy atom. The molecule has 30 heavy (non-hydrogen) atoms. The molecule has 0 fully saturated rings. The molecule has 0 radical (unpaired) electrons. The number of aliphatic hydroxyl groups is 1. The molecule has 0 saturated heterocycles. The summed E-state index contributed by atoms with van der Waals surface area (Å²) < 4.78 is 91.8. The predicted octanol–water partition coefficient (Wildman–Crippen LogP) is 2.50. The molecule has 1 unspecified atom stereocenters. The fraction of sp³-hybridized carbons (Fsp3) is 0.278. The summed E-state index contributed by atoms with van der Waals surface area (Å²) in [5, 5.41) is 12.1. The van der Waals surface area contributed by atoms with E-state index in [1.165, 1.54) is 0 Å². The van der Waals surface area contributed by atoms with Crippen LogP contribution in [0.2, 0.25) is 0 Å². The smallest absolute Gasteiger partial charge is 0.387 e. The van der Waals surface area contributed by atoms with Gasteiger partial charge in [0.25, 0.3) is 0 Å². The highest BCUT2D eigenvalue weighted by Crippen LogP contribution is 2.33. The maximum atomic E-state index is 13.2. The van der Waals surface area contributed by atoms with Crippen molar-refractivity contribution in [2.24, 2.45) is 0 Å². The zero-order valence-electron chi connectivity index (χ0n) is 15.4. The lowest BCUT2D eigenvalue weighted by Gasteiger charge is -2.18. The monoisotopic (exact) mass is 452 g/mol. The molecule has 12 heteroatoms. The summed E-state index contributed by atoms with van der Waals surface area (Å²) in [6, 6.07) is 4.59. The van der Waals surface area contributed by atoms with Crippen molar-refractivity contribution in [1.82, 2.24) is 10.0 Å². The summed E-state index contributed by atoms with van der Waals surface area (Å²) >= 11 is 0. The van der Waals surface area contributed by atoms with Gasteiger partial charge < -0.3 is 10.4 Å². The number of amides is 1. The van der Waals surface area contributed by atoms with Gasteiger partial charge in [0.2, 0.25) is 15.9 Å². The van der Waals surface area contributed by atoms with Crippen molar-refractivity contribution in [1.29, 1.82) is 0 Å². The molecule has 2 atom stereocenters. The normalized spacial score (nSPS) is 14.2. The van der Waals surface area contributed by atoms with Crippen molar-refractivity contribution in [2.75, 3.05) is 6.54 Å². The molecule has 0 aliphatic heterocycles. The first-order valence-electron chi connectivity index (χ1n) is 8.42. The number of hydrogen-bond acceptors (Lipinski definition) is 4. The minimum Gasteiger partial charge on any atom is -0.387 e. The highest BCUT2D eigenvalue weighted by Gasteiger charge is 2.37. The topological polar surface area (TPSA) is 95.5 Å². The van der Waals surface area contributed by atoms with Crippen LogP contribution in [-0.2, 0) is 21.0 Å². The van der Waals surface area contributed by atoms with Gasteiger partial charge in [-0.25, -0.2) is 17.2 Å². The maximum absolute atomic E-state index is 13.2. The SMILES string of the molecule is C[C@H](NS(=O)(=O)c1ccccc1C(F)(F)F)C(=O)NCC(O)c1ccc(F)c(F)c1. The third-order valence-electron chi connectivity index (χ3n) is 4.01. The highest BCUT2D eigenvalue weighted by atomic mass is 32.2. The van der Waals surface area contributed by atoms with Gasteiger partial charge in [-0.15, -0.1) is 0 Å². The van der Waals surface area contributed by atoms with Crippen LogP contribution in [0.1, 0.15) is 24.2 Å². The third kappa shape index (κ3) is 5.74. The zero-order valence-corrected chi connectivity index (χ0v) is 16.2. The van der Waals surface area contributed by atoms with Gasteiger partial charge in [0.1, 0.15) is 0 Å². The van der Waals surface area contributed by atoms with E-state index in [4.69, 9.17) is 0 Å². The second-order valence-corrected chi connectivity index (χ2v) is 7.95. The number of hydrogen-bond donors (Lipinski definition) is 3. The Morgan fingerprint density at radius 3 is 2.33 bits per heavy atom. The number of carbonyl (C=O) groups excluding carboxylic acids is 1. The molecular weight excluding hydrogens is 435 g/mol. The van der Waals surface area contributed by atoms with Gasteiger partial charge in [0.15, 0.2) is 11.6 Å². The van der Waals surface area contributed by atoms with Crippen molar-refractivity contribution in [3.05, 3.63) is 65.2 Å². The summed E-state index contributed by atoms with van der Waals surface area (Å²) in [7, 11) is -4.70. The van der Waals surface area contributed by atoms with Gasteiger partial charge in [-0.3, -0.25) is 4.79 Å². The standard InChI is InChI=1S/C18H17F5N2O4S/c1-10(17(27)24-9-15(26)11-6-7-13(19)14(20)8-11)25-30(28,29)16-5-3-2-4-12(16)18(21,22)23/h2-8,10,15,25-26H,9H2,1H3,(H,24,27)/t10-,15?/m0/s1. The summed E-state index contributed by atoms with van der Waals surface area (Å²) in [5.74, 6) is -3.29. The fourth-order valence-electron chi connectivity index (χ4n) is 2.47. The number of sulfonamides is 1. The van der Waals surface area contributed by atoms with Crippen molar-refractivity contribution >= 4 is 15.9 Å². The third-order valence-corrected chi connectivity index (χ3v) is 5.60. The van der Waals surface area contributed by atoms with Crippen molar-refractivity contribution < 1.29 is 40.3 Å². The van der Waals surface area contributed by atoms with Crippen LogP contribution in [0.25, 0.3) is 0 Å². The van der Waals surface area contributed by atoms with Gasteiger partial charge in [0, 0.05) is 6.54 Å². The van der Waals surface area contributed by atoms with Crippen LogP contribution < -0.4 is 10.0 Å². The van der Waals surface area contributed by atoms with Crippen LogP contribution in [0.3, 0.4) is 0 Å². The number of rotatable bonds is 7. The second-order valence-electron chi connectivity index (χ2n) is 6.27. The second kappa shape index (κ2) is 9.06. The van der Waals surface area contributed by atoms with E-state index >= 15 is 0 Å². The fourth-order valence-corrected chi connectivity index (χ4v) is 3.90. The van der Waals surface area contributed by atoms with E-state index < -0.39 is 62.9 Å². The molecule has 0 spiro atoms. The predicted molar refractivity (Wildman–Crippen MR) is 95.6 cm³/mol. The highest BCUT2D eigenvalue weighted by molar-refractivity contribution is 7.89. The van der Waals surface area contributed by atoms with Crippen LogP contribution in [0.4, 0.5) is 22.0 Å². The van der Waals surface area contributed by atoms with Gasteiger partial charge in [-0.1, -0.05) is 18.2 Å². The van der Waals surface area contributed by atoms with E-state index in [2.05, 4.69) is 5.32 Å². The molecule has 0 bridgehead atoms. The van der Waals surface area contributed by atoms with Crippen LogP contribution in [0, 0.1) is 11.6 Å². The number of benzene rings is 2. The summed E-state index contributed by atoms with van der Waals surface area (Å²) in [5.41, 5.74) is -1.43. The van der Waals surface area contributed by atoms with E-state index in [1.807, 2.05) is 4.72 Å². The molecule has 2 aromatic carbocycles. The maximum Gasteiger partial charge on any atom is 0.417 e. The molecular formula is C18H17F5N2O4S. The lowest BCUT2D eigenvalue weighted by molar-refractivity contribution is -0.139. The van der Waals surface area contributed by atoms with Crippen LogP contribution in [0.5, 0.6) is 0 Å². The average molecular weight is 452 g/mol. The molecule has 0 aromatic heterocycles. The van der Waals surface area contributed by atoms with E-state index in [0.29, 0.717) is 6.07 Å². The number of alkyl halides is 3. The molecule has 2 rings (SSSR count). The van der Waals surface area contributed by atoms with Crippen LogP contribution in [0.15, 0.2) is 47.4 Å². The van der Waals surface area contributed by atoms with E-state index in [9.17, 15) is 40.3 Å². The van der Waals surface area contributed by atoms with Crippen LogP contribution in [-0.4, -0.2) is 32.0 Å². The molecule has 6 nitrogen and oxygen atoms in total. The van der Waals surface area contributed by atoms with Gasteiger partial charge >= 0.3 is 6.18 Å². The molecule has 2 aromatic rings. The lowest BCUT2D eigenvalue weighted by Crippen LogP contribution is -2.46. The summed E-state index contributed by atoms with van der Waals surface area (Å²) in [4.78, 5) is 11.0. The van der Waals surface area contributed by atoms with Gasteiger partial charge in [0.05, 0.1) is 22.6 Å². The summed E-state index contributed by atoms with van der Waals surface area (Å²) in [6.45, 7) is 0.613. The molecule has 3 N–H and O–H groups in total. The Hall–Kier alpha value is -2.57.